The molecule has 2 aromatic rings. The third-order valence-electron chi connectivity index (χ3n) is 5.03. The topological polar surface area (TPSA) is 55.5 Å². The highest BCUT2D eigenvalue weighted by atomic mass is 19.1. The highest BCUT2D eigenvalue weighted by Crippen LogP contribution is 2.34. The third kappa shape index (κ3) is 4.75. The van der Waals surface area contributed by atoms with Crippen molar-refractivity contribution >= 4 is 16.9 Å². The molecule has 0 saturated heterocycles. The minimum Gasteiger partial charge on any atom is -0.361 e. The maximum Gasteiger partial charge on any atom is 0.191 e. The number of benzene rings is 1. The monoisotopic (exact) mass is 359 g/mol. The maximum absolute atomic E-state index is 13.3. The summed E-state index contributed by atoms with van der Waals surface area (Å²) in [6.07, 6.45) is 5.47. The van der Waals surface area contributed by atoms with Crippen LogP contribution < -0.4 is 10.6 Å². The summed E-state index contributed by atoms with van der Waals surface area (Å²) in [5, 5.41) is 7.83. The van der Waals surface area contributed by atoms with Crippen LogP contribution in [0.4, 0.5) is 4.39 Å². The average Bonchev–Trinajstić information content (AvgIpc) is 3.36. The first-order valence-corrected chi connectivity index (χ1v) is 9.52. The highest BCUT2D eigenvalue weighted by Gasteiger charge is 2.32. The van der Waals surface area contributed by atoms with Crippen molar-refractivity contribution in [2.24, 2.45) is 10.9 Å². The molecule has 5 nitrogen and oxygen atoms in total. The molecule has 1 aliphatic rings. The molecule has 26 heavy (non-hydrogen) atoms. The van der Waals surface area contributed by atoms with E-state index in [0.717, 1.165) is 48.8 Å². The van der Waals surface area contributed by atoms with Gasteiger partial charge in [0.2, 0.25) is 0 Å². The molecule has 0 spiro atoms. The molecule has 1 atom stereocenters. The van der Waals surface area contributed by atoms with E-state index < -0.39 is 0 Å². The van der Waals surface area contributed by atoms with Crippen LogP contribution in [0, 0.1) is 11.7 Å². The molecule has 1 fully saturated rings. The fourth-order valence-corrected chi connectivity index (χ4v) is 3.42. The van der Waals surface area contributed by atoms with E-state index in [1.165, 1.54) is 30.5 Å². The normalized spacial score (nSPS) is 16.3. The van der Waals surface area contributed by atoms with Crippen molar-refractivity contribution in [1.29, 1.82) is 0 Å². The van der Waals surface area contributed by atoms with Gasteiger partial charge in [0.1, 0.15) is 5.82 Å². The number of fused-ring (bicyclic) bond motifs is 1. The Morgan fingerprint density at radius 3 is 2.85 bits per heavy atom. The molecule has 1 aromatic carbocycles. The summed E-state index contributed by atoms with van der Waals surface area (Å²) in [7, 11) is 4.28. The summed E-state index contributed by atoms with van der Waals surface area (Å²) in [5.74, 6) is 1.45. The van der Waals surface area contributed by atoms with Gasteiger partial charge in [0.15, 0.2) is 5.96 Å². The lowest BCUT2D eigenvalue weighted by Crippen LogP contribution is -2.40. The molecule has 6 heteroatoms. The molecule has 1 heterocycles. The van der Waals surface area contributed by atoms with Crippen LogP contribution in [0.15, 0.2) is 29.4 Å². The quantitative estimate of drug-likeness (QED) is 0.502. The first-order chi connectivity index (χ1) is 12.6. The number of likely N-dealkylation sites (N-methyl/N-ethyl adjacent to an activating group) is 1. The molecule has 0 aliphatic heterocycles. The van der Waals surface area contributed by atoms with Crippen molar-refractivity contribution in [3.63, 3.8) is 0 Å². The Balaban J connectivity index is 1.56. The number of hydrogen-bond acceptors (Lipinski definition) is 2. The van der Waals surface area contributed by atoms with Crippen LogP contribution in [0.25, 0.3) is 10.9 Å². The average molecular weight is 359 g/mol. The maximum atomic E-state index is 13.3. The lowest BCUT2D eigenvalue weighted by Gasteiger charge is -2.23. The van der Waals surface area contributed by atoms with Crippen LogP contribution in [0.2, 0.25) is 0 Å². The minimum absolute atomic E-state index is 0.211. The Hall–Kier alpha value is -2.08. The molecule has 3 N–H and O–H groups in total. The lowest BCUT2D eigenvalue weighted by atomic mass is 10.1. The number of nitrogens with one attached hydrogen (secondary N) is 3. The van der Waals surface area contributed by atoms with Crippen molar-refractivity contribution in [2.45, 2.75) is 32.2 Å². The fraction of sp³-hybridized carbons (Fsp3) is 0.550. The number of H-pyrrole nitrogens is 1. The Bertz CT molecular complexity index is 746. The second kappa shape index (κ2) is 8.54. The number of aromatic nitrogens is 1. The number of nitrogens with zero attached hydrogens (tertiary/aromatic N) is 2. The van der Waals surface area contributed by atoms with Gasteiger partial charge in [-0.1, -0.05) is 0 Å². The van der Waals surface area contributed by atoms with Crippen LogP contribution in [0.1, 0.15) is 25.3 Å². The zero-order valence-electron chi connectivity index (χ0n) is 16.0. The van der Waals surface area contributed by atoms with Gasteiger partial charge in [-0.2, -0.15) is 0 Å². The smallest absolute Gasteiger partial charge is 0.191 e. The van der Waals surface area contributed by atoms with Gasteiger partial charge in [0, 0.05) is 36.2 Å². The molecule has 1 aromatic heterocycles. The summed E-state index contributed by atoms with van der Waals surface area (Å²) in [6, 6.07) is 5.41. The predicted molar refractivity (Wildman–Crippen MR) is 106 cm³/mol. The Labute approximate surface area is 155 Å². The van der Waals surface area contributed by atoms with Gasteiger partial charge in [0.05, 0.1) is 6.54 Å². The van der Waals surface area contributed by atoms with Gasteiger partial charge in [-0.3, -0.25) is 4.99 Å². The van der Waals surface area contributed by atoms with Gasteiger partial charge in [-0.25, -0.2) is 4.39 Å². The molecule has 142 valence electrons. The van der Waals surface area contributed by atoms with E-state index in [1.807, 2.05) is 12.3 Å². The molecule has 0 radical (unpaired) electrons. The number of halogens is 1. The summed E-state index contributed by atoms with van der Waals surface area (Å²) < 4.78 is 13.3. The van der Waals surface area contributed by atoms with E-state index in [0.29, 0.717) is 6.04 Å². The van der Waals surface area contributed by atoms with E-state index in [9.17, 15) is 4.39 Å². The Morgan fingerprint density at radius 1 is 1.35 bits per heavy atom. The van der Waals surface area contributed by atoms with E-state index in [2.05, 4.69) is 41.5 Å². The standard InChI is InChI=1S/C20H30FN5/c1-4-22-20(25-13-19(26(2)3)14-5-6-14)23-10-9-15-12-24-18-11-16(21)7-8-17(15)18/h7-8,11-12,14,19,24H,4-6,9-10,13H2,1-3H3,(H2,22,23,25). The molecule has 1 aliphatic carbocycles. The molecule has 3 rings (SSSR count). The van der Waals surface area contributed by atoms with E-state index in [4.69, 9.17) is 4.99 Å². The van der Waals surface area contributed by atoms with E-state index in [1.54, 1.807) is 0 Å². The van der Waals surface area contributed by atoms with Crippen LogP contribution in [-0.4, -0.2) is 55.6 Å². The summed E-state index contributed by atoms with van der Waals surface area (Å²) in [4.78, 5) is 10.2. The zero-order valence-corrected chi connectivity index (χ0v) is 16.0. The number of aromatic amines is 1. The largest absolute Gasteiger partial charge is 0.361 e. The molecule has 0 amide bonds. The zero-order chi connectivity index (χ0) is 18.5. The molecule has 1 unspecified atom stereocenters. The number of aliphatic imine (C=N–C) groups is 1. The van der Waals surface area contributed by atoms with Gasteiger partial charge in [-0.05, 0) is 70.0 Å². The number of guanidine groups is 1. The van der Waals surface area contributed by atoms with Crippen LogP contribution in [0.3, 0.4) is 0 Å². The summed E-state index contributed by atoms with van der Waals surface area (Å²) in [6.45, 7) is 4.52. The van der Waals surface area contributed by atoms with E-state index >= 15 is 0 Å². The lowest BCUT2D eigenvalue weighted by molar-refractivity contribution is 0.271. The highest BCUT2D eigenvalue weighted by molar-refractivity contribution is 5.83. The Morgan fingerprint density at radius 2 is 2.15 bits per heavy atom. The van der Waals surface area contributed by atoms with Crippen LogP contribution in [-0.2, 0) is 6.42 Å². The van der Waals surface area contributed by atoms with Crippen molar-refractivity contribution in [3.05, 3.63) is 35.8 Å². The van der Waals surface area contributed by atoms with Crippen molar-refractivity contribution in [1.82, 2.24) is 20.5 Å². The van der Waals surface area contributed by atoms with Crippen molar-refractivity contribution < 1.29 is 4.39 Å². The van der Waals surface area contributed by atoms with Gasteiger partial charge in [-0.15, -0.1) is 0 Å². The summed E-state index contributed by atoms with van der Waals surface area (Å²) >= 11 is 0. The third-order valence-corrected chi connectivity index (χ3v) is 5.03. The van der Waals surface area contributed by atoms with E-state index in [-0.39, 0.29) is 5.82 Å². The Kier molecular flexibility index (Phi) is 6.14. The van der Waals surface area contributed by atoms with Crippen LogP contribution >= 0.6 is 0 Å². The van der Waals surface area contributed by atoms with Gasteiger partial charge >= 0.3 is 0 Å². The predicted octanol–water partition coefficient (Wildman–Crippen LogP) is 2.74. The number of hydrogen-bond donors (Lipinski definition) is 3. The van der Waals surface area contributed by atoms with Crippen LogP contribution in [0.5, 0.6) is 0 Å². The first kappa shape index (κ1) is 18.7. The first-order valence-electron chi connectivity index (χ1n) is 9.52. The van der Waals surface area contributed by atoms with Crippen molar-refractivity contribution in [3.8, 4) is 0 Å². The second-order valence-electron chi connectivity index (χ2n) is 7.27. The SMILES string of the molecule is CCNC(=NCC(C1CC1)N(C)C)NCCc1c[nH]c2cc(F)ccc12. The molecular formula is C20H30FN5. The van der Waals surface area contributed by atoms with Crippen molar-refractivity contribution in [2.75, 3.05) is 33.7 Å². The number of rotatable bonds is 8. The second-order valence-corrected chi connectivity index (χ2v) is 7.27. The minimum atomic E-state index is -0.211. The van der Waals surface area contributed by atoms with Gasteiger partial charge < -0.3 is 20.5 Å². The molecule has 1 saturated carbocycles. The van der Waals surface area contributed by atoms with Gasteiger partial charge in [0.25, 0.3) is 0 Å². The molecular weight excluding hydrogens is 329 g/mol. The summed E-state index contributed by atoms with van der Waals surface area (Å²) in [5.41, 5.74) is 2.03. The molecule has 0 bridgehead atoms. The fourth-order valence-electron chi connectivity index (χ4n) is 3.42.